The summed E-state index contributed by atoms with van der Waals surface area (Å²) in [7, 11) is 0. The van der Waals surface area contributed by atoms with E-state index in [1.807, 2.05) is 29.0 Å². The lowest BCUT2D eigenvalue weighted by Crippen LogP contribution is -2.19. The Labute approximate surface area is 105 Å². The second-order valence-electron chi connectivity index (χ2n) is 4.27. The second-order valence-corrected chi connectivity index (χ2v) is 4.27. The van der Waals surface area contributed by atoms with Crippen LogP contribution in [0.25, 0.3) is 0 Å². The van der Waals surface area contributed by atoms with Crippen molar-refractivity contribution in [2.45, 2.75) is 12.6 Å². The van der Waals surface area contributed by atoms with Gasteiger partial charge in [-0.2, -0.15) is 0 Å². The number of nitrogens with two attached hydrogens (primary N) is 1. The van der Waals surface area contributed by atoms with Crippen molar-refractivity contribution in [2.24, 2.45) is 5.73 Å². The molecular weight excluding hydrogens is 230 g/mol. The van der Waals surface area contributed by atoms with Gasteiger partial charge in [0.2, 0.25) is 0 Å². The van der Waals surface area contributed by atoms with Crippen LogP contribution in [0.1, 0.15) is 11.6 Å². The van der Waals surface area contributed by atoms with Crippen LogP contribution in [0.4, 0.5) is 0 Å². The van der Waals surface area contributed by atoms with Crippen LogP contribution in [0, 0.1) is 0 Å². The lowest BCUT2D eigenvalue weighted by Gasteiger charge is -2.20. The van der Waals surface area contributed by atoms with Crippen LogP contribution in [-0.4, -0.2) is 22.8 Å². The quantitative estimate of drug-likeness (QED) is 0.886. The summed E-state index contributed by atoms with van der Waals surface area (Å²) in [4.78, 5) is 4.00. The Morgan fingerprint density at radius 1 is 1.28 bits per heavy atom. The lowest BCUT2D eigenvalue weighted by molar-refractivity contribution is 0.171. The zero-order chi connectivity index (χ0) is 12.4. The van der Waals surface area contributed by atoms with Crippen molar-refractivity contribution in [2.75, 3.05) is 13.2 Å². The molecule has 2 N–H and O–H groups in total. The zero-order valence-electron chi connectivity index (χ0n) is 9.95. The maximum absolute atomic E-state index is 6.17. The smallest absolute Gasteiger partial charge is 0.161 e. The summed E-state index contributed by atoms with van der Waals surface area (Å²) in [6, 6.07) is 5.76. The van der Waals surface area contributed by atoms with Gasteiger partial charge in [-0.1, -0.05) is 6.07 Å². The van der Waals surface area contributed by atoms with Crippen LogP contribution in [0.3, 0.4) is 0 Å². The minimum atomic E-state index is -0.0879. The fourth-order valence-electron chi connectivity index (χ4n) is 2.02. The number of ether oxygens (including phenoxy) is 2. The normalized spacial score (nSPS) is 15.4. The third-order valence-corrected chi connectivity index (χ3v) is 2.96. The van der Waals surface area contributed by atoms with Crippen LogP contribution in [-0.2, 0) is 6.54 Å². The van der Waals surface area contributed by atoms with E-state index >= 15 is 0 Å². The number of benzene rings is 1. The summed E-state index contributed by atoms with van der Waals surface area (Å²) < 4.78 is 13.0. The monoisotopic (exact) mass is 245 g/mol. The molecule has 3 rings (SSSR count). The molecule has 5 nitrogen and oxygen atoms in total. The number of rotatable bonds is 3. The molecule has 2 aromatic rings. The fourth-order valence-corrected chi connectivity index (χ4v) is 2.02. The molecule has 1 unspecified atom stereocenters. The minimum absolute atomic E-state index is 0.0879. The van der Waals surface area contributed by atoms with E-state index in [1.165, 1.54) is 0 Å². The van der Waals surface area contributed by atoms with Gasteiger partial charge >= 0.3 is 0 Å². The number of aromatic nitrogens is 2. The highest BCUT2D eigenvalue weighted by atomic mass is 16.6. The van der Waals surface area contributed by atoms with E-state index < -0.39 is 0 Å². The van der Waals surface area contributed by atoms with Crippen LogP contribution in [0.15, 0.2) is 36.9 Å². The Morgan fingerprint density at radius 2 is 2.11 bits per heavy atom. The standard InChI is InChI=1S/C13H15N3O2/c14-11(8-16-4-3-15-9-16)10-1-2-12-13(7-10)18-6-5-17-12/h1-4,7,9,11H,5-6,8,14H2. The molecule has 0 aliphatic carbocycles. The number of imidazole rings is 1. The maximum atomic E-state index is 6.17. The van der Waals surface area contributed by atoms with E-state index in [0.29, 0.717) is 19.8 Å². The molecule has 0 spiro atoms. The molecule has 1 aliphatic rings. The van der Waals surface area contributed by atoms with Gasteiger partial charge in [-0.15, -0.1) is 0 Å². The molecule has 0 fully saturated rings. The molecule has 2 heterocycles. The third kappa shape index (κ3) is 2.17. The summed E-state index contributed by atoms with van der Waals surface area (Å²) in [5, 5.41) is 0. The highest BCUT2D eigenvalue weighted by Gasteiger charge is 2.14. The second kappa shape index (κ2) is 4.70. The van der Waals surface area contributed by atoms with Crippen LogP contribution < -0.4 is 15.2 Å². The molecule has 1 aliphatic heterocycles. The average Bonchev–Trinajstić information content (AvgIpc) is 2.91. The number of nitrogens with zero attached hydrogens (tertiary/aromatic N) is 2. The van der Waals surface area contributed by atoms with Gasteiger partial charge in [0, 0.05) is 25.0 Å². The first-order chi connectivity index (χ1) is 8.83. The highest BCUT2D eigenvalue weighted by molar-refractivity contribution is 5.44. The van der Waals surface area contributed by atoms with Gasteiger partial charge in [-0.05, 0) is 17.7 Å². The molecule has 5 heteroatoms. The molecule has 0 saturated heterocycles. The first-order valence-corrected chi connectivity index (χ1v) is 5.94. The zero-order valence-corrected chi connectivity index (χ0v) is 9.95. The SMILES string of the molecule is NC(Cn1ccnc1)c1ccc2c(c1)OCCO2. The van der Waals surface area contributed by atoms with Gasteiger partial charge in [0.15, 0.2) is 11.5 Å². The topological polar surface area (TPSA) is 62.3 Å². The van der Waals surface area contributed by atoms with E-state index in [-0.39, 0.29) is 6.04 Å². The molecule has 1 aromatic carbocycles. The van der Waals surface area contributed by atoms with Gasteiger partial charge in [0.25, 0.3) is 0 Å². The molecule has 0 saturated carbocycles. The van der Waals surface area contributed by atoms with Crippen molar-refractivity contribution in [1.82, 2.24) is 9.55 Å². The Bertz CT molecular complexity index is 525. The van der Waals surface area contributed by atoms with Crippen molar-refractivity contribution in [1.29, 1.82) is 0 Å². The van der Waals surface area contributed by atoms with Crippen LogP contribution in [0.2, 0.25) is 0 Å². The van der Waals surface area contributed by atoms with E-state index in [0.717, 1.165) is 17.1 Å². The molecule has 18 heavy (non-hydrogen) atoms. The van der Waals surface area contributed by atoms with E-state index in [4.69, 9.17) is 15.2 Å². The van der Waals surface area contributed by atoms with Crippen molar-refractivity contribution < 1.29 is 9.47 Å². The molecule has 0 amide bonds. The predicted molar refractivity (Wildman–Crippen MR) is 66.6 cm³/mol. The maximum Gasteiger partial charge on any atom is 0.161 e. The molecular formula is C13H15N3O2. The number of hydrogen-bond acceptors (Lipinski definition) is 4. The average molecular weight is 245 g/mol. The van der Waals surface area contributed by atoms with Crippen molar-refractivity contribution >= 4 is 0 Å². The number of hydrogen-bond donors (Lipinski definition) is 1. The van der Waals surface area contributed by atoms with Gasteiger partial charge in [-0.25, -0.2) is 4.98 Å². The lowest BCUT2D eigenvalue weighted by atomic mass is 10.1. The summed E-state index contributed by atoms with van der Waals surface area (Å²) in [6.07, 6.45) is 5.41. The van der Waals surface area contributed by atoms with Gasteiger partial charge in [0.1, 0.15) is 13.2 Å². The van der Waals surface area contributed by atoms with Gasteiger partial charge in [0.05, 0.1) is 6.33 Å². The minimum Gasteiger partial charge on any atom is -0.486 e. The Balaban J connectivity index is 1.79. The van der Waals surface area contributed by atoms with Gasteiger partial charge in [-0.3, -0.25) is 0 Å². The summed E-state index contributed by atoms with van der Waals surface area (Å²) >= 11 is 0. The van der Waals surface area contributed by atoms with Crippen LogP contribution in [0.5, 0.6) is 11.5 Å². The molecule has 94 valence electrons. The largest absolute Gasteiger partial charge is 0.486 e. The summed E-state index contributed by atoms with van der Waals surface area (Å²) in [5.41, 5.74) is 7.21. The van der Waals surface area contributed by atoms with Crippen LogP contribution >= 0.6 is 0 Å². The first-order valence-electron chi connectivity index (χ1n) is 5.94. The van der Waals surface area contributed by atoms with Crippen molar-refractivity contribution in [3.05, 3.63) is 42.5 Å². The summed E-state index contributed by atoms with van der Waals surface area (Å²) in [6.45, 7) is 1.89. The Hall–Kier alpha value is -2.01. The predicted octanol–water partition coefficient (Wildman–Crippen LogP) is 1.35. The fraction of sp³-hybridized carbons (Fsp3) is 0.308. The van der Waals surface area contributed by atoms with Crippen molar-refractivity contribution in [3.63, 3.8) is 0 Å². The third-order valence-electron chi connectivity index (χ3n) is 2.96. The molecule has 1 atom stereocenters. The van der Waals surface area contributed by atoms with E-state index in [1.54, 1.807) is 12.5 Å². The molecule has 1 aromatic heterocycles. The molecule has 0 radical (unpaired) electrons. The number of fused-ring (bicyclic) bond motifs is 1. The summed E-state index contributed by atoms with van der Waals surface area (Å²) in [5.74, 6) is 1.57. The first kappa shape index (κ1) is 11.1. The van der Waals surface area contributed by atoms with E-state index in [2.05, 4.69) is 4.98 Å². The van der Waals surface area contributed by atoms with E-state index in [9.17, 15) is 0 Å². The Morgan fingerprint density at radius 3 is 2.89 bits per heavy atom. The Kier molecular flexibility index (Phi) is 2.90. The van der Waals surface area contributed by atoms with Gasteiger partial charge < -0.3 is 19.8 Å². The molecule has 0 bridgehead atoms. The highest BCUT2D eigenvalue weighted by Crippen LogP contribution is 2.32. The van der Waals surface area contributed by atoms with Crippen molar-refractivity contribution in [3.8, 4) is 11.5 Å².